The van der Waals surface area contributed by atoms with Gasteiger partial charge in [-0.2, -0.15) is 11.8 Å². The molecule has 0 amide bonds. The van der Waals surface area contributed by atoms with Crippen molar-refractivity contribution < 1.29 is 14.3 Å². The lowest BCUT2D eigenvalue weighted by molar-refractivity contribution is 0.149. The molecule has 1 rings (SSSR count). The Morgan fingerprint density at radius 3 is 2.85 bits per heavy atom. The topological polar surface area (TPSA) is 75.7 Å². The Kier molecular flexibility index (Phi) is 4.94. The number of nitrogens with two attached hydrogens (primary N) is 1. The van der Waals surface area contributed by atoms with E-state index in [1.165, 1.54) is 0 Å². The standard InChI is InChI=1S/C7H16NO3PS/c1-2-7-6(11-12(9)10)3-5(8)4-13-7/h5-7,9-10H,2-4,8H2,1H3. The molecule has 0 spiro atoms. The largest absolute Gasteiger partial charge is 0.328 e. The molecule has 4 nitrogen and oxygen atoms in total. The summed E-state index contributed by atoms with van der Waals surface area (Å²) >= 11 is 1.76. The average molecular weight is 225 g/mol. The van der Waals surface area contributed by atoms with E-state index in [1.54, 1.807) is 11.8 Å². The van der Waals surface area contributed by atoms with Crippen molar-refractivity contribution in [1.29, 1.82) is 0 Å². The van der Waals surface area contributed by atoms with Crippen molar-refractivity contribution in [1.82, 2.24) is 0 Å². The molecule has 4 N–H and O–H groups in total. The summed E-state index contributed by atoms with van der Waals surface area (Å²) in [4.78, 5) is 17.5. The summed E-state index contributed by atoms with van der Waals surface area (Å²) < 4.78 is 5.04. The highest BCUT2D eigenvalue weighted by Crippen LogP contribution is 2.37. The van der Waals surface area contributed by atoms with Crippen LogP contribution in [-0.2, 0) is 4.52 Å². The molecule has 0 aromatic heterocycles. The SMILES string of the molecule is CCC1SCC(N)CC1OP(O)O. The Labute approximate surface area is 83.8 Å². The van der Waals surface area contributed by atoms with Crippen molar-refractivity contribution in [3.8, 4) is 0 Å². The van der Waals surface area contributed by atoms with Crippen molar-refractivity contribution in [3.63, 3.8) is 0 Å². The molecule has 0 bridgehead atoms. The molecule has 0 aromatic carbocycles. The lowest BCUT2D eigenvalue weighted by Gasteiger charge is -2.33. The summed E-state index contributed by atoms with van der Waals surface area (Å²) in [6.45, 7) is 2.07. The van der Waals surface area contributed by atoms with Crippen molar-refractivity contribution in [3.05, 3.63) is 0 Å². The second-order valence-electron chi connectivity index (χ2n) is 3.17. The van der Waals surface area contributed by atoms with Gasteiger partial charge in [-0.1, -0.05) is 6.92 Å². The van der Waals surface area contributed by atoms with E-state index in [9.17, 15) is 0 Å². The first kappa shape index (κ1) is 11.7. The van der Waals surface area contributed by atoms with Gasteiger partial charge in [0.25, 0.3) is 0 Å². The first-order chi connectivity index (χ1) is 6.13. The molecule has 0 radical (unpaired) electrons. The first-order valence-electron chi connectivity index (χ1n) is 4.35. The van der Waals surface area contributed by atoms with Crippen LogP contribution in [0, 0.1) is 0 Å². The van der Waals surface area contributed by atoms with Gasteiger partial charge in [-0.15, -0.1) is 0 Å². The van der Waals surface area contributed by atoms with Crippen molar-refractivity contribution in [2.45, 2.75) is 37.2 Å². The Morgan fingerprint density at radius 1 is 1.62 bits per heavy atom. The smallest absolute Gasteiger partial charge is 0.327 e. The number of rotatable bonds is 3. The average Bonchev–Trinajstić information content (AvgIpc) is 2.03. The highest BCUT2D eigenvalue weighted by atomic mass is 32.2. The number of hydrogen-bond acceptors (Lipinski definition) is 5. The summed E-state index contributed by atoms with van der Waals surface area (Å²) in [5.74, 6) is 0.938. The van der Waals surface area contributed by atoms with Gasteiger partial charge in [-0.3, -0.25) is 0 Å². The molecule has 78 valence electrons. The summed E-state index contributed by atoms with van der Waals surface area (Å²) in [5.41, 5.74) is 5.76. The van der Waals surface area contributed by atoms with Crippen LogP contribution in [0.5, 0.6) is 0 Å². The molecule has 1 aliphatic rings. The third-order valence-electron chi connectivity index (χ3n) is 2.11. The molecule has 0 aliphatic carbocycles. The molecule has 1 heterocycles. The Balaban J connectivity index is 2.44. The molecule has 13 heavy (non-hydrogen) atoms. The highest BCUT2D eigenvalue weighted by Gasteiger charge is 2.30. The summed E-state index contributed by atoms with van der Waals surface area (Å²) in [6, 6.07) is 0.118. The zero-order chi connectivity index (χ0) is 9.84. The lowest BCUT2D eigenvalue weighted by Crippen LogP contribution is -2.40. The molecule has 1 aliphatic heterocycles. The van der Waals surface area contributed by atoms with E-state index in [1.807, 2.05) is 0 Å². The van der Waals surface area contributed by atoms with Gasteiger partial charge in [0, 0.05) is 17.0 Å². The molecule has 1 fully saturated rings. The van der Waals surface area contributed by atoms with Gasteiger partial charge in [-0.25, -0.2) is 0 Å². The van der Waals surface area contributed by atoms with Crippen LogP contribution in [0.3, 0.4) is 0 Å². The summed E-state index contributed by atoms with van der Waals surface area (Å²) in [7, 11) is -2.24. The lowest BCUT2D eigenvalue weighted by atomic mass is 10.1. The fourth-order valence-electron chi connectivity index (χ4n) is 1.49. The van der Waals surface area contributed by atoms with E-state index in [0.29, 0.717) is 5.25 Å². The van der Waals surface area contributed by atoms with Gasteiger partial charge in [0.2, 0.25) is 0 Å². The van der Waals surface area contributed by atoms with Gasteiger partial charge < -0.3 is 20.0 Å². The van der Waals surface area contributed by atoms with Crippen LogP contribution in [0.1, 0.15) is 19.8 Å². The molecular formula is C7H16NO3PS. The molecule has 0 aromatic rings. The third kappa shape index (κ3) is 3.70. The molecule has 1 saturated heterocycles. The maximum Gasteiger partial charge on any atom is 0.327 e. The Morgan fingerprint density at radius 2 is 2.31 bits per heavy atom. The van der Waals surface area contributed by atoms with Gasteiger partial charge in [0.05, 0.1) is 6.10 Å². The van der Waals surface area contributed by atoms with Crippen LogP contribution in [0.2, 0.25) is 0 Å². The van der Waals surface area contributed by atoms with E-state index in [2.05, 4.69) is 6.92 Å². The second kappa shape index (κ2) is 5.49. The molecule has 0 saturated carbocycles. The van der Waals surface area contributed by atoms with Crippen LogP contribution in [0.25, 0.3) is 0 Å². The Bertz CT molecular complexity index is 159. The van der Waals surface area contributed by atoms with Crippen LogP contribution < -0.4 is 5.73 Å². The van der Waals surface area contributed by atoms with Crippen molar-refractivity contribution in [2.75, 3.05) is 5.75 Å². The van der Waals surface area contributed by atoms with Gasteiger partial charge in [0.1, 0.15) is 0 Å². The first-order valence-corrected chi connectivity index (χ1v) is 6.56. The predicted octanol–water partition coefficient (Wildman–Crippen LogP) is 0.826. The van der Waals surface area contributed by atoms with Crippen molar-refractivity contribution >= 4 is 20.4 Å². The van der Waals surface area contributed by atoms with Crippen LogP contribution in [-0.4, -0.2) is 32.9 Å². The second-order valence-corrected chi connectivity index (χ2v) is 5.16. The van der Waals surface area contributed by atoms with Crippen LogP contribution in [0.15, 0.2) is 0 Å². The maximum atomic E-state index is 8.75. The zero-order valence-corrected chi connectivity index (χ0v) is 9.30. The van der Waals surface area contributed by atoms with Crippen LogP contribution >= 0.6 is 20.4 Å². The van der Waals surface area contributed by atoms with E-state index in [4.69, 9.17) is 20.0 Å². The summed E-state index contributed by atoms with van der Waals surface area (Å²) in [6.07, 6.45) is 1.61. The number of thioether (sulfide) groups is 1. The minimum Gasteiger partial charge on any atom is -0.328 e. The monoisotopic (exact) mass is 225 g/mol. The fourth-order valence-corrected chi connectivity index (χ4v) is 3.29. The van der Waals surface area contributed by atoms with Crippen molar-refractivity contribution in [2.24, 2.45) is 5.73 Å². The summed E-state index contributed by atoms with van der Waals surface area (Å²) in [5, 5.41) is 0.351. The molecule has 3 unspecified atom stereocenters. The minimum absolute atomic E-state index is 0.0974. The maximum absolute atomic E-state index is 8.75. The zero-order valence-electron chi connectivity index (χ0n) is 7.59. The predicted molar refractivity (Wildman–Crippen MR) is 55.4 cm³/mol. The van der Waals surface area contributed by atoms with E-state index >= 15 is 0 Å². The molecule has 3 atom stereocenters. The quantitative estimate of drug-likeness (QED) is 0.620. The van der Waals surface area contributed by atoms with Gasteiger partial charge >= 0.3 is 8.60 Å². The van der Waals surface area contributed by atoms with E-state index < -0.39 is 8.60 Å². The molecule has 6 heteroatoms. The van der Waals surface area contributed by atoms with E-state index in [0.717, 1.165) is 18.6 Å². The van der Waals surface area contributed by atoms with Crippen LogP contribution in [0.4, 0.5) is 0 Å². The minimum atomic E-state index is -2.24. The Hall–Kier alpha value is 0.620. The number of hydrogen-bond donors (Lipinski definition) is 3. The third-order valence-corrected chi connectivity index (χ3v) is 4.25. The van der Waals surface area contributed by atoms with E-state index in [-0.39, 0.29) is 12.1 Å². The molecular weight excluding hydrogens is 209 g/mol. The highest BCUT2D eigenvalue weighted by molar-refractivity contribution is 8.00. The normalized spacial score (nSPS) is 35.3. The van der Waals surface area contributed by atoms with Gasteiger partial charge in [0.15, 0.2) is 0 Å². The fraction of sp³-hybridized carbons (Fsp3) is 1.00. The van der Waals surface area contributed by atoms with Gasteiger partial charge in [-0.05, 0) is 12.8 Å².